The maximum atomic E-state index is 8.66. The standard InChI is InChI=1S/C11H12ClNO2/c1-7-8(4-5-13)6-9(12)11(15-3)10(7)14-2/h6H,4H2,1-3H3. The molecule has 1 aromatic rings. The Morgan fingerprint density at radius 3 is 2.40 bits per heavy atom. The second kappa shape index (κ2) is 4.90. The van der Waals surface area contributed by atoms with E-state index in [9.17, 15) is 0 Å². The normalized spacial score (nSPS) is 9.53. The van der Waals surface area contributed by atoms with Gasteiger partial charge in [0.2, 0.25) is 0 Å². The molecule has 15 heavy (non-hydrogen) atoms. The smallest absolute Gasteiger partial charge is 0.179 e. The van der Waals surface area contributed by atoms with Crippen molar-refractivity contribution < 1.29 is 9.47 Å². The third-order valence-corrected chi connectivity index (χ3v) is 2.50. The molecule has 4 heteroatoms. The molecule has 0 aliphatic heterocycles. The maximum Gasteiger partial charge on any atom is 0.179 e. The molecule has 0 radical (unpaired) electrons. The summed E-state index contributed by atoms with van der Waals surface area (Å²) in [5, 5.41) is 9.12. The first kappa shape index (κ1) is 11.7. The third kappa shape index (κ3) is 2.16. The third-order valence-electron chi connectivity index (χ3n) is 2.22. The predicted molar refractivity (Wildman–Crippen MR) is 58.6 cm³/mol. The average molecular weight is 226 g/mol. The van der Waals surface area contributed by atoms with Crippen LogP contribution in [0.1, 0.15) is 11.1 Å². The monoisotopic (exact) mass is 225 g/mol. The Bertz CT molecular complexity index is 410. The average Bonchev–Trinajstić information content (AvgIpc) is 2.22. The Labute approximate surface area is 94.2 Å². The number of nitriles is 1. The molecule has 0 aliphatic rings. The molecule has 1 rings (SSSR count). The van der Waals surface area contributed by atoms with Crippen LogP contribution in [0.4, 0.5) is 0 Å². The number of ether oxygens (including phenoxy) is 2. The number of hydrogen-bond donors (Lipinski definition) is 0. The zero-order chi connectivity index (χ0) is 11.4. The van der Waals surface area contributed by atoms with Crippen LogP contribution in [-0.4, -0.2) is 14.2 Å². The van der Waals surface area contributed by atoms with Crippen LogP contribution >= 0.6 is 11.6 Å². The summed E-state index contributed by atoms with van der Waals surface area (Å²) >= 11 is 6.01. The minimum atomic E-state index is 0.311. The molecule has 0 amide bonds. The van der Waals surface area contributed by atoms with Crippen LogP contribution in [0.2, 0.25) is 5.02 Å². The fraction of sp³-hybridized carbons (Fsp3) is 0.364. The van der Waals surface area contributed by atoms with Crippen molar-refractivity contribution in [3.05, 3.63) is 22.2 Å². The fourth-order valence-electron chi connectivity index (χ4n) is 1.46. The summed E-state index contributed by atoms with van der Waals surface area (Å²) in [5.41, 5.74) is 1.75. The molecule has 0 spiro atoms. The van der Waals surface area contributed by atoms with Gasteiger partial charge in [-0.05, 0) is 24.1 Å². The van der Waals surface area contributed by atoms with Crippen molar-refractivity contribution >= 4 is 11.6 Å². The van der Waals surface area contributed by atoms with Crippen LogP contribution in [0.5, 0.6) is 11.5 Å². The highest BCUT2D eigenvalue weighted by molar-refractivity contribution is 6.32. The largest absolute Gasteiger partial charge is 0.493 e. The first-order valence-corrected chi connectivity index (χ1v) is 4.80. The van der Waals surface area contributed by atoms with Gasteiger partial charge in [-0.15, -0.1) is 0 Å². The van der Waals surface area contributed by atoms with Gasteiger partial charge in [-0.25, -0.2) is 0 Å². The molecule has 0 heterocycles. The van der Waals surface area contributed by atoms with E-state index in [4.69, 9.17) is 26.3 Å². The van der Waals surface area contributed by atoms with E-state index in [0.717, 1.165) is 11.1 Å². The van der Waals surface area contributed by atoms with E-state index < -0.39 is 0 Å². The van der Waals surface area contributed by atoms with Crippen molar-refractivity contribution in [3.63, 3.8) is 0 Å². The van der Waals surface area contributed by atoms with Crippen LogP contribution in [0.25, 0.3) is 0 Å². The number of halogens is 1. The van der Waals surface area contributed by atoms with Gasteiger partial charge in [0.25, 0.3) is 0 Å². The topological polar surface area (TPSA) is 42.2 Å². The van der Waals surface area contributed by atoms with Crippen LogP contribution in [0.15, 0.2) is 6.07 Å². The summed E-state index contributed by atoms with van der Waals surface area (Å²) in [7, 11) is 3.09. The molecule has 0 aliphatic carbocycles. The van der Waals surface area contributed by atoms with Gasteiger partial charge in [0, 0.05) is 0 Å². The number of hydrogen-bond acceptors (Lipinski definition) is 3. The molecule has 1 aromatic carbocycles. The van der Waals surface area contributed by atoms with Crippen molar-refractivity contribution in [1.29, 1.82) is 5.26 Å². The van der Waals surface area contributed by atoms with Gasteiger partial charge in [-0.3, -0.25) is 0 Å². The van der Waals surface area contributed by atoms with E-state index in [-0.39, 0.29) is 0 Å². The fourth-order valence-corrected chi connectivity index (χ4v) is 1.75. The van der Waals surface area contributed by atoms with Crippen LogP contribution in [-0.2, 0) is 6.42 Å². The zero-order valence-electron chi connectivity index (χ0n) is 8.93. The predicted octanol–water partition coefficient (Wildman–Crippen LogP) is 2.73. The second-order valence-electron chi connectivity index (χ2n) is 3.04. The van der Waals surface area contributed by atoms with Crippen LogP contribution < -0.4 is 9.47 Å². The Morgan fingerprint density at radius 2 is 1.93 bits per heavy atom. The summed E-state index contributed by atoms with van der Waals surface area (Å²) in [4.78, 5) is 0. The Morgan fingerprint density at radius 1 is 1.33 bits per heavy atom. The first-order valence-electron chi connectivity index (χ1n) is 4.42. The van der Waals surface area contributed by atoms with E-state index in [0.29, 0.717) is 22.9 Å². The molecule has 0 atom stereocenters. The molecule has 0 N–H and O–H groups in total. The van der Waals surface area contributed by atoms with Crippen molar-refractivity contribution in [3.8, 4) is 17.6 Å². The van der Waals surface area contributed by atoms with Gasteiger partial charge in [0.1, 0.15) is 0 Å². The van der Waals surface area contributed by atoms with Gasteiger partial charge in [0.05, 0.1) is 31.7 Å². The van der Waals surface area contributed by atoms with Gasteiger partial charge in [-0.2, -0.15) is 5.26 Å². The lowest BCUT2D eigenvalue weighted by molar-refractivity contribution is 0.352. The molecule has 0 aromatic heterocycles. The summed E-state index contributed by atoms with van der Waals surface area (Å²) in [6, 6.07) is 3.82. The second-order valence-corrected chi connectivity index (χ2v) is 3.45. The highest BCUT2D eigenvalue weighted by Crippen LogP contribution is 2.39. The Kier molecular flexibility index (Phi) is 3.81. The number of benzene rings is 1. The lowest BCUT2D eigenvalue weighted by Crippen LogP contribution is -1.98. The van der Waals surface area contributed by atoms with Crippen LogP contribution in [0, 0.1) is 18.3 Å². The molecular formula is C11H12ClNO2. The van der Waals surface area contributed by atoms with E-state index in [1.165, 1.54) is 7.11 Å². The molecule has 0 bridgehead atoms. The molecule has 0 unspecified atom stereocenters. The number of rotatable bonds is 3. The minimum Gasteiger partial charge on any atom is -0.493 e. The molecular weight excluding hydrogens is 214 g/mol. The Balaban J connectivity index is 3.38. The van der Waals surface area contributed by atoms with Gasteiger partial charge < -0.3 is 9.47 Å². The van der Waals surface area contributed by atoms with Gasteiger partial charge >= 0.3 is 0 Å². The maximum absolute atomic E-state index is 8.66. The highest BCUT2D eigenvalue weighted by Gasteiger charge is 2.15. The van der Waals surface area contributed by atoms with E-state index in [1.54, 1.807) is 13.2 Å². The van der Waals surface area contributed by atoms with Crippen molar-refractivity contribution in [2.75, 3.05) is 14.2 Å². The number of nitrogens with zero attached hydrogens (tertiary/aromatic N) is 1. The highest BCUT2D eigenvalue weighted by atomic mass is 35.5. The van der Waals surface area contributed by atoms with E-state index in [1.807, 2.05) is 6.92 Å². The van der Waals surface area contributed by atoms with Crippen LogP contribution in [0.3, 0.4) is 0 Å². The summed E-state index contributed by atoms with van der Waals surface area (Å²) < 4.78 is 10.4. The summed E-state index contributed by atoms with van der Waals surface area (Å²) in [6.07, 6.45) is 0.311. The number of methoxy groups -OCH3 is 2. The van der Waals surface area contributed by atoms with E-state index >= 15 is 0 Å². The lowest BCUT2D eigenvalue weighted by Gasteiger charge is -2.14. The molecule has 0 saturated carbocycles. The van der Waals surface area contributed by atoms with Gasteiger partial charge in [0.15, 0.2) is 11.5 Å². The lowest BCUT2D eigenvalue weighted by atomic mass is 10.0. The quantitative estimate of drug-likeness (QED) is 0.794. The Hall–Kier alpha value is -1.40. The van der Waals surface area contributed by atoms with Crippen molar-refractivity contribution in [2.24, 2.45) is 0 Å². The summed E-state index contributed by atoms with van der Waals surface area (Å²) in [5.74, 6) is 1.11. The van der Waals surface area contributed by atoms with Crippen molar-refractivity contribution in [2.45, 2.75) is 13.3 Å². The summed E-state index contributed by atoms with van der Waals surface area (Å²) in [6.45, 7) is 1.88. The van der Waals surface area contributed by atoms with Crippen molar-refractivity contribution in [1.82, 2.24) is 0 Å². The molecule has 3 nitrogen and oxygen atoms in total. The molecule has 0 fully saturated rings. The SMILES string of the molecule is COc1c(Cl)cc(CC#N)c(C)c1OC. The molecule has 80 valence electrons. The molecule has 0 saturated heterocycles. The zero-order valence-corrected chi connectivity index (χ0v) is 9.68. The van der Waals surface area contributed by atoms with E-state index in [2.05, 4.69) is 6.07 Å². The van der Waals surface area contributed by atoms with Gasteiger partial charge in [-0.1, -0.05) is 11.6 Å². The minimum absolute atomic E-state index is 0.311. The first-order chi connectivity index (χ1) is 7.15.